The number of carbonyl (C=O) groups excluding carboxylic acids is 1. The molecule has 4 heterocycles. The number of aliphatic hydroxyl groups excluding tert-OH is 1. The number of nitrogens with zero attached hydrogens (tertiary/aromatic N) is 5. The van der Waals surface area contributed by atoms with Crippen molar-refractivity contribution in [1.29, 1.82) is 0 Å². The van der Waals surface area contributed by atoms with Crippen molar-refractivity contribution in [1.82, 2.24) is 29.2 Å². The summed E-state index contributed by atoms with van der Waals surface area (Å²) in [4.78, 5) is 39.7. The second-order valence-electron chi connectivity index (χ2n) is 20.6. The molecule has 2 aromatic heterocycles. The topological polar surface area (TPSA) is 175 Å². The van der Waals surface area contributed by atoms with Gasteiger partial charge in [-0.2, -0.15) is 0 Å². The number of ether oxygens (including phenoxy) is 1. The number of aromatic nitrogens is 2. The number of hydrogen-bond donors (Lipinski definition) is 4. The Labute approximate surface area is 418 Å². The molecule has 5 aliphatic rings. The van der Waals surface area contributed by atoms with Crippen LogP contribution in [0.4, 0.5) is 5.69 Å². The summed E-state index contributed by atoms with van der Waals surface area (Å²) in [5.41, 5.74) is 5.07. The lowest BCUT2D eigenvalue weighted by molar-refractivity contribution is -0.526. The Kier molecular flexibility index (Phi) is 14.9. The van der Waals surface area contributed by atoms with Crippen LogP contribution in [0.5, 0.6) is 11.5 Å². The maximum atomic E-state index is 14.1. The van der Waals surface area contributed by atoms with E-state index in [4.69, 9.17) is 4.74 Å². The van der Waals surface area contributed by atoms with E-state index < -0.39 is 23.4 Å². The molecular weight excluding hydrogens is 921 g/mol. The summed E-state index contributed by atoms with van der Waals surface area (Å²) in [6.45, 7) is 9.34. The third kappa shape index (κ3) is 10.8. The number of rotatable bonds is 15. The second kappa shape index (κ2) is 21.4. The standard InChI is InChI=1S/C54H66N8O6S2/c1-36(2)45-10-6-7-11-46(45)50-35-60(70(67)44-8-4-3-5-9-44)26-27-61(50)40-31-54(32-40)21-24-59(25-22-54)39-14-18-47(51(29-39)68-42-28-38-20-23-55-52(38)57-34-42)53(64)58-69-43-17-19-48(49(30-43)62(65)66)56-33-37-12-15-41(63)16-13-37/h3-11,14,17-20,23,28-29,34,36-37,40-41,43,48-50,56,63H,12-13,15-16,21-22,24-27,30-33,35H2,1-2H3,(H,55,57)(H,58,64)/t37-,41-,43?,48?,49?,50?,70?. The summed E-state index contributed by atoms with van der Waals surface area (Å²) in [6.07, 6.45) is 15.2. The molecule has 2 saturated carbocycles. The molecule has 70 heavy (non-hydrogen) atoms. The van der Waals surface area contributed by atoms with Crippen molar-refractivity contribution < 1.29 is 24.1 Å². The summed E-state index contributed by atoms with van der Waals surface area (Å²) >= 11 is -0.0305. The fraction of sp³-hybridized carbons (Fsp3) is 0.481. The van der Waals surface area contributed by atoms with Crippen molar-refractivity contribution in [3.8, 4) is 11.5 Å². The minimum Gasteiger partial charge on any atom is -0.593 e. The van der Waals surface area contributed by atoms with Gasteiger partial charge in [-0.05, 0) is 135 Å². The molecule has 2 aliphatic heterocycles. The van der Waals surface area contributed by atoms with Crippen LogP contribution in [0.3, 0.4) is 0 Å². The van der Waals surface area contributed by atoms with Gasteiger partial charge in [-0.15, -0.1) is 4.31 Å². The maximum absolute atomic E-state index is 14.1. The van der Waals surface area contributed by atoms with Crippen molar-refractivity contribution in [2.24, 2.45) is 11.3 Å². The van der Waals surface area contributed by atoms with E-state index in [0.29, 0.717) is 41.5 Å². The van der Waals surface area contributed by atoms with Gasteiger partial charge >= 0.3 is 0 Å². The first-order valence-electron chi connectivity index (χ1n) is 25.2. The molecule has 4 N–H and O–H groups in total. The highest BCUT2D eigenvalue weighted by atomic mass is 32.2. The average molecular weight is 987 g/mol. The minimum absolute atomic E-state index is 0.156. The van der Waals surface area contributed by atoms with E-state index in [1.54, 1.807) is 6.20 Å². The molecule has 14 nitrogen and oxygen atoms in total. The first-order valence-corrected chi connectivity index (χ1v) is 27.2. The molecule has 0 radical (unpaired) electrons. The van der Waals surface area contributed by atoms with Crippen LogP contribution < -0.4 is 19.7 Å². The number of fused-ring (bicyclic) bond motifs is 1. The summed E-state index contributed by atoms with van der Waals surface area (Å²) < 4.78 is 25.6. The van der Waals surface area contributed by atoms with Gasteiger partial charge in [0.25, 0.3) is 5.91 Å². The Morgan fingerprint density at radius 3 is 2.53 bits per heavy atom. The highest BCUT2D eigenvalue weighted by Crippen LogP contribution is 2.53. The Balaban J connectivity index is 0.802. The second-order valence-corrected chi connectivity index (χ2v) is 23.1. The van der Waals surface area contributed by atoms with Crippen molar-refractivity contribution in [3.63, 3.8) is 0 Å². The fourth-order valence-corrected chi connectivity index (χ4v) is 13.8. The van der Waals surface area contributed by atoms with Gasteiger partial charge in [0.2, 0.25) is 6.04 Å². The van der Waals surface area contributed by atoms with Crippen LogP contribution in [0.15, 0.2) is 114 Å². The van der Waals surface area contributed by atoms with E-state index >= 15 is 0 Å². The molecule has 5 atom stereocenters. The molecule has 370 valence electrons. The number of aromatic amines is 1. The monoisotopic (exact) mass is 986 g/mol. The van der Waals surface area contributed by atoms with E-state index in [-0.39, 0.29) is 40.1 Å². The molecule has 0 bridgehead atoms. The van der Waals surface area contributed by atoms with Gasteiger partial charge in [0.05, 0.1) is 54.4 Å². The van der Waals surface area contributed by atoms with Crippen molar-refractivity contribution in [3.05, 3.63) is 136 Å². The predicted molar refractivity (Wildman–Crippen MR) is 277 cm³/mol. The Morgan fingerprint density at radius 2 is 1.76 bits per heavy atom. The first kappa shape index (κ1) is 48.7. The fourth-order valence-electron chi connectivity index (χ4n) is 11.7. The normalized spacial score (nSPS) is 25.8. The molecule has 3 aliphatic carbocycles. The van der Waals surface area contributed by atoms with E-state index in [2.05, 4.69) is 72.2 Å². The zero-order valence-corrected chi connectivity index (χ0v) is 41.8. The smallest absolute Gasteiger partial charge is 0.264 e. The maximum Gasteiger partial charge on any atom is 0.264 e. The first-order chi connectivity index (χ1) is 34.0. The number of H-pyrrole nitrogens is 1. The van der Waals surface area contributed by atoms with Crippen LogP contribution in [-0.2, 0) is 11.4 Å². The van der Waals surface area contributed by atoms with Gasteiger partial charge < -0.3 is 29.6 Å². The van der Waals surface area contributed by atoms with E-state index in [1.807, 2.05) is 79.0 Å². The van der Waals surface area contributed by atoms with Gasteiger partial charge in [0.1, 0.15) is 17.1 Å². The van der Waals surface area contributed by atoms with E-state index in [0.717, 1.165) is 106 Å². The Bertz CT molecular complexity index is 2630. The number of piperazine rings is 1. The lowest BCUT2D eigenvalue weighted by atomic mass is 9.59. The summed E-state index contributed by atoms with van der Waals surface area (Å²) in [6, 6.07) is 27.7. The number of anilines is 1. The van der Waals surface area contributed by atoms with Gasteiger partial charge in [-0.3, -0.25) is 24.5 Å². The van der Waals surface area contributed by atoms with Crippen LogP contribution in [0, 0.1) is 21.4 Å². The molecule has 1 amide bonds. The van der Waals surface area contributed by atoms with E-state index in [1.165, 1.54) is 23.1 Å². The zero-order valence-electron chi connectivity index (χ0n) is 40.2. The predicted octanol–water partition coefficient (Wildman–Crippen LogP) is 9.17. The Hall–Kier alpha value is -4.94. The molecule has 1 spiro atoms. The highest BCUT2D eigenvalue weighted by molar-refractivity contribution is 7.98. The Morgan fingerprint density at radius 1 is 0.986 bits per heavy atom. The number of benzene rings is 3. The SMILES string of the molecule is CC(C)c1ccccc1C1CN([S+]([O-])c2ccccc2)CCN1C1CC2(CCN(c3ccc(C(=O)NSC4C=CC(NC[C@H]5CC[C@H](O)CC5)C([N+](=O)[O-])C4)c(Oc4cnc5[nH]ccc5c4)c3)CC2)C1. The quantitative estimate of drug-likeness (QED) is 0.0258. The third-order valence-electron chi connectivity index (χ3n) is 15.8. The van der Waals surface area contributed by atoms with Crippen LogP contribution >= 0.6 is 11.9 Å². The molecule has 3 aromatic carbocycles. The van der Waals surface area contributed by atoms with E-state index in [9.17, 15) is 24.6 Å². The third-order valence-corrected chi connectivity index (χ3v) is 18.2. The molecule has 5 unspecified atom stereocenters. The number of pyridine rings is 1. The molecule has 10 rings (SSSR count). The zero-order chi connectivity index (χ0) is 48.4. The van der Waals surface area contributed by atoms with Gasteiger partial charge in [0, 0.05) is 65.6 Å². The largest absolute Gasteiger partial charge is 0.593 e. The number of amides is 1. The number of carbonyl (C=O) groups is 1. The average Bonchev–Trinajstić information content (AvgIpc) is 3.85. The highest BCUT2D eigenvalue weighted by Gasteiger charge is 2.51. The lowest BCUT2D eigenvalue weighted by Gasteiger charge is -2.58. The number of aliphatic hydroxyl groups is 1. The van der Waals surface area contributed by atoms with Crippen molar-refractivity contribution >= 4 is 45.9 Å². The molecule has 2 saturated heterocycles. The van der Waals surface area contributed by atoms with Crippen LogP contribution in [-0.4, -0.2) is 108 Å². The van der Waals surface area contributed by atoms with Gasteiger partial charge in [-0.1, -0.05) is 68.5 Å². The van der Waals surface area contributed by atoms with Crippen molar-refractivity contribution in [2.45, 2.75) is 118 Å². The molecule has 16 heteroatoms. The van der Waals surface area contributed by atoms with Crippen LogP contribution in [0.25, 0.3) is 11.0 Å². The molecule has 5 aromatic rings. The lowest BCUT2D eigenvalue weighted by Crippen LogP contribution is -2.60. The van der Waals surface area contributed by atoms with Gasteiger partial charge in [0.15, 0.2) is 4.90 Å². The molecular formula is C54H66N8O6S2. The molecule has 4 fully saturated rings. The van der Waals surface area contributed by atoms with Crippen LogP contribution in [0.1, 0.15) is 105 Å². The minimum atomic E-state index is -1.22. The van der Waals surface area contributed by atoms with Crippen molar-refractivity contribution in [2.75, 3.05) is 44.2 Å². The summed E-state index contributed by atoms with van der Waals surface area (Å²) in [7, 11) is 0. The number of nitrogens with one attached hydrogen (secondary N) is 3. The van der Waals surface area contributed by atoms with Gasteiger partial charge in [-0.25, -0.2) is 4.98 Å². The summed E-state index contributed by atoms with van der Waals surface area (Å²) in [5, 5.41) is 26.2. The number of piperidine rings is 1. The number of hydrogen-bond acceptors (Lipinski definition) is 12. The summed E-state index contributed by atoms with van der Waals surface area (Å²) in [5.74, 6) is 1.37. The number of nitro groups is 1. The van der Waals surface area contributed by atoms with Crippen LogP contribution in [0.2, 0.25) is 0 Å².